The van der Waals surface area contributed by atoms with Gasteiger partial charge in [-0.05, 0) is 50.2 Å². The molecule has 3 aromatic heterocycles. The number of pyridine rings is 2. The third kappa shape index (κ3) is 3.39. The predicted octanol–water partition coefficient (Wildman–Crippen LogP) is 3.78. The van der Waals surface area contributed by atoms with Crippen molar-refractivity contribution in [1.29, 1.82) is 0 Å². The second kappa shape index (κ2) is 7.75. The lowest BCUT2D eigenvalue weighted by Gasteiger charge is -2.09. The SMILES string of the molecule is COC(=O)c1cc(-c2cccc(/C(C)=N/O)n2)cc2c1cnn2-c1cccc(C)n1. The molecule has 0 radical (unpaired) electrons. The van der Waals surface area contributed by atoms with Crippen molar-refractivity contribution in [3.63, 3.8) is 0 Å². The Morgan fingerprint density at radius 1 is 1.13 bits per heavy atom. The van der Waals surface area contributed by atoms with Crippen LogP contribution in [0.2, 0.25) is 0 Å². The van der Waals surface area contributed by atoms with E-state index in [2.05, 4.69) is 20.2 Å². The molecule has 30 heavy (non-hydrogen) atoms. The molecule has 0 amide bonds. The first-order chi connectivity index (χ1) is 14.5. The third-order valence-corrected chi connectivity index (χ3v) is 4.75. The Morgan fingerprint density at radius 3 is 2.67 bits per heavy atom. The molecule has 4 rings (SSSR count). The van der Waals surface area contributed by atoms with Gasteiger partial charge in [0.05, 0.1) is 35.8 Å². The summed E-state index contributed by atoms with van der Waals surface area (Å²) >= 11 is 0. The van der Waals surface area contributed by atoms with E-state index in [0.717, 1.165) is 5.69 Å². The second-order valence-electron chi connectivity index (χ2n) is 6.74. The molecule has 0 aliphatic carbocycles. The van der Waals surface area contributed by atoms with Crippen molar-refractivity contribution in [3.05, 3.63) is 71.7 Å². The summed E-state index contributed by atoms with van der Waals surface area (Å²) in [4.78, 5) is 21.6. The van der Waals surface area contributed by atoms with Crippen molar-refractivity contribution in [3.8, 4) is 17.1 Å². The molecular weight excluding hydrogens is 382 g/mol. The maximum absolute atomic E-state index is 12.5. The molecule has 0 unspecified atom stereocenters. The number of carbonyl (C=O) groups excluding carboxylic acids is 1. The minimum atomic E-state index is -0.470. The van der Waals surface area contributed by atoms with Crippen LogP contribution in [0, 0.1) is 6.92 Å². The summed E-state index contributed by atoms with van der Waals surface area (Å²) in [6, 6.07) is 14.7. The molecule has 1 N–H and O–H groups in total. The summed E-state index contributed by atoms with van der Waals surface area (Å²) in [6.07, 6.45) is 1.63. The van der Waals surface area contributed by atoms with Crippen LogP contribution in [-0.2, 0) is 4.74 Å². The number of aryl methyl sites for hydroxylation is 1. The minimum absolute atomic E-state index is 0.378. The van der Waals surface area contributed by atoms with Gasteiger partial charge in [0, 0.05) is 16.6 Å². The third-order valence-electron chi connectivity index (χ3n) is 4.75. The van der Waals surface area contributed by atoms with E-state index < -0.39 is 5.97 Å². The number of oxime groups is 1. The maximum atomic E-state index is 12.5. The number of esters is 1. The monoisotopic (exact) mass is 401 g/mol. The number of aromatic nitrogens is 4. The van der Waals surface area contributed by atoms with Crippen LogP contribution < -0.4 is 0 Å². The number of nitrogens with zero attached hydrogens (tertiary/aromatic N) is 5. The Balaban J connectivity index is 1.97. The van der Waals surface area contributed by atoms with E-state index in [1.807, 2.05) is 43.3 Å². The van der Waals surface area contributed by atoms with Crippen LogP contribution in [0.3, 0.4) is 0 Å². The van der Waals surface area contributed by atoms with Crippen LogP contribution in [0.25, 0.3) is 28.0 Å². The van der Waals surface area contributed by atoms with Crippen LogP contribution in [0.1, 0.15) is 28.7 Å². The Morgan fingerprint density at radius 2 is 1.93 bits per heavy atom. The lowest BCUT2D eigenvalue weighted by Crippen LogP contribution is -2.05. The van der Waals surface area contributed by atoms with Crippen molar-refractivity contribution in [2.24, 2.45) is 5.16 Å². The number of rotatable bonds is 4. The fourth-order valence-electron chi connectivity index (χ4n) is 3.23. The number of methoxy groups -OCH3 is 1. The molecule has 0 atom stereocenters. The van der Waals surface area contributed by atoms with Crippen molar-refractivity contribution in [1.82, 2.24) is 19.7 Å². The molecule has 3 heterocycles. The number of benzene rings is 1. The van der Waals surface area contributed by atoms with Crippen LogP contribution in [0.15, 0.2) is 59.9 Å². The highest BCUT2D eigenvalue weighted by Gasteiger charge is 2.18. The van der Waals surface area contributed by atoms with Crippen molar-refractivity contribution in [2.45, 2.75) is 13.8 Å². The van der Waals surface area contributed by atoms with Gasteiger partial charge in [-0.2, -0.15) is 5.10 Å². The molecule has 4 aromatic rings. The fourth-order valence-corrected chi connectivity index (χ4v) is 3.23. The van der Waals surface area contributed by atoms with Crippen molar-refractivity contribution >= 4 is 22.6 Å². The Labute approximate surface area is 172 Å². The summed E-state index contributed by atoms with van der Waals surface area (Å²) in [6.45, 7) is 3.56. The van der Waals surface area contributed by atoms with Gasteiger partial charge in [0.1, 0.15) is 5.71 Å². The van der Waals surface area contributed by atoms with Gasteiger partial charge in [-0.25, -0.2) is 19.4 Å². The van der Waals surface area contributed by atoms with Gasteiger partial charge in [0.15, 0.2) is 5.82 Å². The zero-order valence-corrected chi connectivity index (χ0v) is 16.7. The number of fused-ring (bicyclic) bond motifs is 1. The molecule has 0 saturated carbocycles. The number of hydrogen-bond acceptors (Lipinski definition) is 7. The zero-order valence-electron chi connectivity index (χ0n) is 16.7. The molecule has 0 saturated heterocycles. The van der Waals surface area contributed by atoms with Gasteiger partial charge in [-0.3, -0.25) is 0 Å². The van der Waals surface area contributed by atoms with Gasteiger partial charge in [0.2, 0.25) is 0 Å². The summed E-state index contributed by atoms with van der Waals surface area (Å²) in [5.74, 6) is 0.172. The number of carbonyl (C=O) groups is 1. The largest absolute Gasteiger partial charge is 0.465 e. The zero-order chi connectivity index (χ0) is 21.3. The Bertz CT molecular complexity index is 1290. The van der Waals surface area contributed by atoms with Crippen molar-refractivity contribution < 1.29 is 14.7 Å². The van der Waals surface area contributed by atoms with Gasteiger partial charge in [-0.1, -0.05) is 17.3 Å². The average molecular weight is 401 g/mol. The lowest BCUT2D eigenvalue weighted by atomic mass is 10.0. The van der Waals surface area contributed by atoms with Crippen molar-refractivity contribution in [2.75, 3.05) is 7.11 Å². The van der Waals surface area contributed by atoms with Gasteiger partial charge < -0.3 is 9.94 Å². The van der Waals surface area contributed by atoms with E-state index >= 15 is 0 Å². The van der Waals surface area contributed by atoms with Gasteiger partial charge in [0.25, 0.3) is 0 Å². The molecule has 0 aliphatic rings. The highest BCUT2D eigenvalue weighted by atomic mass is 16.5. The normalized spacial score (nSPS) is 11.6. The molecule has 150 valence electrons. The molecule has 0 aliphatic heterocycles. The topological polar surface area (TPSA) is 102 Å². The predicted molar refractivity (Wildman–Crippen MR) is 112 cm³/mol. The lowest BCUT2D eigenvalue weighted by molar-refractivity contribution is 0.0603. The highest BCUT2D eigenvalue weighted by molar-refractivity contribution is 6.05. The molecular formula is C22H19N5O3. The van der Waals surface area contributed by atoms with E-state index in [1.165, 1.54) is 7.11 Å². The second-order valence-corrected chi connectivity index (χ2v) is 6.74. The van der Waals surface area contributed by atoms with E-state index in [-0.39, 0.29) is 0 Å². The van der Waals surface area contributed by atoms with E-state index in [1.54, 1.807) is 29.9 Å². The average Bonchev–Trinajstić information content (AvgIpc) is 3.21. The highest BCUT2D eigenvalue weighted by Crippen LogP contribution is 2.29. The van der Waals surface area contributed by atoms with Gasteiger partial charge >= 0.3 is 5.97 Å². The van der Waals surface area contributed by atoms with E-state index in [4.69, 9.17) is 9.94 Å². The smallest absolute Gasteiger partial charge is 0.338 e. The summed E-state index contributed by atoms with van der Waals surface area (Å²) in [5.41, 5.74) is 4.17. The first-order valence-electron chi connectivity index (χ1n) is 9.22. The molecule has 8 heteroatoms. The van der Waals surface area contributed by atoms with Crippen LogP contribution >= 0.6 is 0 Å². The Hall–Kier alpha value is -4.07. The minimum Gasteiger partial charge on any atom is -0.465 e. The summed E-state index contributed by atoms with van der Waals surface area (Å²) < 4.78 is 6.67. The standard InChI is InChI=1S/C22H19N5O3/c1-13-6-4-9-21(24-13)27-20-11-15(10-16(22(28)30-3)17(20)12-23-27)19-8-5-7-18(25-19)14(2)26-29/h4-12,29H,1-3H3/b26-14+. The Kier molecular flexibility index (Phi) is 4.97. The van der Waals surface area contributed by atoms with Crippen LogP contribution in [-0.4, -0.2) is 43.7 Å². The van der Waals surface area contributed by atoms with E-state index in [9.17, 15) is 4.79 Å². The molecule has 1 aromatic carbocycles. The fraction of sp³-hybridized carbons (Fsp3) is 0.136. The summed E-state index contributed by atoms with van der Waals surface area (Å²) in [5, 5.41) is 17.4. The number of hydrogen-bond donors (Lipinski definition) is 1. The molecule has 0 bridgehead atoms. The van der Waals surface area contributed by atoms with Crippen LogP contribution in [0.4, 0.5) is 0 Å². The van der Waals surface area contributed by atoms with Crippen LogP contribution in [0.5, 0.6) is 0 Å². The summed E-state index contributed by atoms with van der Waals surface area (Å²) in [7, 11) is 1.34. The molecule has 0 fully saturated rings. The molecule has 0 spiro atoms. The quantitative estimate of drug-likeness (QED) is 0.242. The van der Waals surface area contributed by atoms with Gasteiger partial charge in [-0.15, -0.1) is 0 Å². The first-order valence-corrected chi connectivity index (χ1v) is 9.22. The molecule has 8 nitrogen and oxygen atoms in total. The number of ether oxygens (including phenoxy) is 1. The van der Waals surface area contributed by atoms with E-state index in [0.29, 0.717) is 44.9 Å². The first kappa shape index (κ1) is 19.3. The maximum Gasteiger partial charge on any atom is 0.338 e.